The minimum Gasteiger partial charge on any atom is -0.489 e. The van der Waals surface area contributed by atoms with Crippen LogP contribution in [-0.4, -0.2) is 0 Å². The quantitative estimate of drug-likeness (QED) is 0.800. The van der Waals surface area contributed by atoms with Crippen LogP contribution >= 0.6 is 11.6 Å². The molecule has 0 spiro atoms. The van der Waals surface area contributed by atoms with Gasteiger partial charge in [0.15, 0.2) is 0 Å². The van der Waals surface area contributed by atoms with Gasteiger partial charge in [0.25, 0.3) is 0 Å². The molecule has 112 valence electrons. The van der Waals surface area contributed by atoms with Gasteiger partial charge in [-0.3, -0.25) is 0 Å². The van der Waals surface area contributed by atoms with E-state index in [4.69, 9.17) is 22.1 Å². The fourth-order valence-electron chi connectivity index (χ4n) is 2.09. The van der Waals surface area contributed by atoms with Crippen LogP contribution in [0.4, 0.5) is 10.1 Å². The van der Waals surface area contributed by atoms with E-state index in [-0.39, 0.29) is 12.3 Å². The summed E-state index contributed by atoms with van der Waals surface area (Å²) in [6, 6.07) is 8.55. The lowest BCUT2D eigenvalue weighted by atomic mass is 10.0. The van der Waals surface area contributed by atoms with Crippen molar-refractivity contribution in [3.05, 3.63) is 57.9 Å². The summed E-state index contributed by atoms with van der Waals surface area (Å²) in [6.07, 6.45) is 0. The van der Waals surface area contributed by atoms with Crippen molar-refractivity contribution in [3.8, 4) is 5.75 Å². The first kappa shape index (κ1) is 15.6. The number of ether oxygens (including phenoxy) is 1. The van der Waals surface area contributed by atoms with Gasteiger partial charge in [0.2, 0.25) is 0 Å². The van der Waals surface area contributed by atoms with Gasteiger partial charge in [-0.2, -0.15) is 0 Å². The largest absolute Gasteiger partial charge is 0.489 e. The van der Waals surface area contributed by atoms with Crippen molar-refractivity contribution < 1.29 is 9.13 Å². The van der Waals surface area contributed by atoms with E-state index in [1.54, 1.807) is 12.1 Å². The third kappa shape index (κ3) is 3.67. The summed E-state index contributed by atoms with van der Waals surface area (Å²) in [6.45, 7) is 6.39. The maximum atomic E-state index is 13.4. The molecule has 0 aromatic heterocycles. The molecule has 0 aliphatic heterocycles. The summed E-state index contributed by atoms with van der Waals surface area (Å²) < 4.78 is 19.2. The maximum Gasteiger partial charge on any atom is 0.146 e. The van der Waals surface area contributed by atoms with Crippen LogP contribution in [0.25, 0.3) is 0 Å². The molecule has 0 unspecified atom stereocenters. The number of rotatable bonds is 4. The predicted octanol–water partition coefficient (Wildman–Crippen LogP) is 5.07. The summed E-state index contributed by atoms with van der Waals surface area (Å²) in [4.78, 5) is 0. The van der Waals surface area contributed by atoms with Crippen LogP contribution in [0, 0.1) is 12.7 Å². The molecular weight excluding hydrogens is 289 g/mol. The van der Waals surface area contributed by atoms with Crippen molar-refractivity contribution in [2.75, 3.05) is 5.73 Å². The normalized spacial score (nSPS) is 11.0. The molecule has 0 saturated heterocycles. The minimum atomic E-state index is -0.424. The fraction of sp³-hybridized carbons (Fsp3) is 0.294. The fourth-order valence-corrected chi connectivity index (χ4v) is 2.52. The Balaban J connectivity index is 2.19. The SMILES string of the molecule is Cc1cc(Cl)c(C(C)C)cc1OCc1ccc(N)c(F)c1. The predicted molar refractivity (Wildman–Crippen MR) is 85.4 cm³/mol. The molecule has 0 aliphatic carbocycles. The number of hydrogen-bond donors (Lipinski definition) is 1. The van der Waals surface area contributed by atoms with Crippen molar-refractivity contribution in [1.29, 1.82) is 0 Å². The summed E-state index contributed by atoms with van der Waals surface area (Å²) >= 11 is 6.23. The molecule has 21 heavy (non-hydrogen) atoms. The monoisotopic (exact) mass is 307 g/mol. The van der Waals surface area contributed by atoms with Crippen LogP contribution in [0.3, 0.4) is 0 Å². The van der Waals surface area contributed by atoms with E-state index in [1.165, 1.54) is 6.07 Å². The van der Waals surface area contributed by atoms with Gasteiger partial charge in [0.05, 0.1) is 5.69 Å². The van der Waals surface area contributed by atoms with E-state index >= 15 is 0 Å². The Morgan fingerprint density at radius 1 is 1.24 bits per heavy atom. The Morgan fingerprint density at radius 3 is 2.57 bits per heavy atom. The molecule has 2 N–H and O–H groups in total. The number of halogens is 2. The first-order valence-corrected chi connectivity index (χ1v) is 7.23. The van der Waals surface area contributed by atoms with E-state index in [2.05, 4.69) is 13.8 Å². The zero-order valence-electron chi connectivity index (χ0n) is 12.4. The number of nitrogens with two attached hydrogens (primary N) is 1. The molecule has 0 heterocycles. The summed E-state index contributed by atoms with van der Waals surface area (Å²) in [5.74, 6) is 0.654. The van der Waals surface area contributed by atoms with Crippen LogP contribution in [0.1, 0.15) is 36.5 Å². The number of anilines is 1. The zero-order valence-corrected chi connectivity index (χ0v) is 13.2. The minimum absolute atomic E-state index is 0.142. The highest BCUT2D eigenvalue weighted by atomic mass is 35.5. The van der Waals surface area contributed by atoms with Crippen LogP contribution in [-0.2, 0) is 6.61 Å². The van der Waals surface area contributed by atoms with Crippen LogP contribution in [0.2, 0.25) is 5.02 Å². The third-order valence-electron chi connectivity index (χ3n) is 3.38. The van der Waals surface area contributed by atoms with Crippen molar-refractivity contribution in [3.63, 3.8) is 0 Å². The molecule has 4 heteroatoms. The molecule has 0 atom stereocenters. The lowest BCUT2D eigenvalue weighted by Crippen LogP contribution is -2.01. The summed E-state index contributed by atoms with van der Waals surface area (Å²) in [5, 5.41) is 0.744. The second-order valence-corrected chi connectivity index (χ2v) is 5.85. The smallest absolute Gasteiger partial charge is 0.146 e. The lowest BCUT2D eigenvalue weighted by molar-refractivity contribution is 0.303. The highest BCUT2D eigenvalue weighted by molar-refractivity contribution is 6.31. The Labute approximate surface area is 129 Å². The zero-order chi connectivity index (χ0) is 15.6. The standard InChI is InChI=1S/C17H19ClFNO/c1-10(2)13-8-17(11(3)6-14(13)18)21-9-12-4-5-16(20)15(19)7-12/h4-8,10H,9,20H2,1-3H3. The molecule has 0 aliphatic rings. The second kappa shape index (κ2) is 6.35. The van der Waals surface area contributed by atoms with Crippen LogP contribution in [0.15, 0.2) is 30.3 Å². The number of hydrogen-bond acceptors (Lipinski definition) is 2. The van der Waals surface area contributed by atoms with E-state index in [0.29, 0.717) is 5.92 Å². The van der Waals surface area contributed by atoms with Gasteiger partial charge < -0.3 is 10.5 Å². The molecule has 0 fully saturated rings. The highest BCUT2D eigenvalue weighted by Gasteiger charge is 2.10. The van der Waals surface area contributed by atoms with Crippen molar-refractivity contribution in [2.24, 2.45) is 0 Å². The Hall–Kier alpha value is -1.74. The van der Waals surface area contributed by atoms with Gasteiger partial charge in [0.1, 0.15) is 18.2 Å². The molecule has 2 nitrogen and oxygen atoms in total. The Bertz CT molecular complexity index is 655. The summed E-state index contributed by atoms with van der Waals surface area (Å²) in [5.41, 5.74) is 8.34. The molecule has 2 rings (SSSR count). The van der Waals surface area contributed by atoms with E-state index in [1.807, 2.05) is 19.1 Å². The average molecular weight is 308 g/mol. The van der Waals surface area contributed by atoms with Crippen molar-refractivity contribution in [2.45, 2.75) is 33.3 Å². The number of nitrogen functional groups attached to an aromatic ring is 1. The van der Waals surface area contributed by atoms with Gasteiger partial charge in [-0.05, 0) is 53.8 Å². The van der Waals surface area contributed by atoms with Crippen LogP contribution < -0.4 is 10.5 Å². The lowest BCUT2D eigenvalue weighted by Gasteiger charge is -2.15. The van der Waals surface area contributed by atoms with Gasteiger partial charge >= 0.3 is 0 Å². The number of aryl methyl sites for hydroxylation is 1. The summed E-state index contributed by atoms with van der Waals surface area (Å²) in [7, 11) is 0. The topological polar surface area (TPSA) is 35.2 Å². The van der Waals surface area contributed by atoms with Gasteiger partial charge in [-0.25, -0.2) is 4.39 Å². The molecule has 0 amide bonds. The van der Waals surface area contributed by atoms with Gasteiger partial charge in [-0.15, -0.1) is 0 Å². The number of benzene rings is 2. The first-order chi connectivity index (χ1) is 9.88. The Morgan fingerprint density at radius 2 is 1.95 bits per heavy atom. The van der Waals surface area contributed by atoms with E-state index in [0.717, 1.165) is 27.5 Å². The molecule has 2 aromatic carbocycles. The van der Waals surface area contributed by atoms with E-state index < -0.39 is 5.82 Å². The van der Waals surface area contributed by atoms with Crippen molar-refractivity contribution >= 4 is 17.3 Å². The maximum absolute atomic E-state index is 13.4. The molecular formula is C17H19ClFNO. The Kier molecular flexibility index (Phi) is 4.73. The van der Waals surface area contributed by atoms with Crippen molar-refractivity contribution in [1.82, 2.24) is 0 Å². The second-order valence-electron chi connectivity index (χ2n) is 5.44. The van der Waals surface area contributed by atoms with Crippen LogP contribution in [0.5, 0.6) is 5.75 Å². The molecule has 0 bridgehead atoms. The average Bonchev–Trinajstić information content (AvgIpc) is 2.41. The van der Waals surface area contributed by atoms with Gasteiger partial charge in [-0.1, -0.05) is 31.5 Å². The highest BCUT2D eigenvalue weighted by Crippen LogP contribution is 2.31. The van der Waals surface area contributed by atoms with Gasteiger partial charge in [0, 0.05) is 5.02 Å². The van der Waals surface area contributed by atoms with E-state index in [9.17, 15) is 4.39 Å². The third-order valence-corrected chi connectivity index (χ3v) is 3.70. The molecule has 2 aromatic rings. The molecule has 0 saturated carbocycles. The first-order valence-electron chi connectivity index (χ1n) is 6.85. The molecule has 0 radical (unpaired) electrons.